The monoisotopic (exact) mass is 812 g/mol. The second-order valence-electron chi connectivity index (χ2n) is 12.8. The molecule has 0 unspecified atom stereocenters. The molecule has 2 heterocycles. The molecule has 0 aliphatic carbocycles. The van der Waals surface area contributed by atoms with Crippen molar-refractivity contribution < 1.29 is 76.3 Å². The summed E-state index contributed by atoms with van der Waals surface area (Å²) in [5.74, 6) is 0.314. The van der Waals surface area contributed by atoms with Crippen molar-refractivity contribution in [3.05, 3.63) is 44.5 Å². The van der Waals surface area contributed by atoms with Crippen molar-refractivity contribution in [1.29, 1.82) is 0 Å². The fourth-order valence-corrected chi connectivity index (χ4v) is 4.83. The number of nitro groups is 2. The Bertz CT molecular complexity index is 1510. The van der Waals surface area contributed by atoms with Gasteiger partial charge in [0, 0.05) is 17.5 Å². The van der Waals surface area contributed by atoms with Gasteiger partial charge < -0.3 is 56.8 Å². The standard InChI is InChI=1S/C35H48N4O18/c1-35(2,23-56-33(40)36-25-19-29-31(21-27(25)38(42)43)54-17-13-50-9-5-46-3-7-48-11-15-52-29)24-57-34(41)37-26-20-30-32(22-28(26)39(44)45)55-18-14-51-10-6-47-4-8-49-12-16-53-30/h19-22H,3-18,23-24H2,1-2H3,(H,36,40)(H,37,41). The molecule has 316 valence electrons. The van der Waals surface area contributed by atoms with E-state index < -0.39 is 38.8 Å². The number of ether oxygens (including phenoxy) is 12. The zero-order valence-electron chi connectivity index (χ0n) is 31.8. The first kappa shape index (κ1) is 44.5. The van der Waals surface area contributed by atoms with Gasteiger partial charge in [-0.2, -0.15) is 0 Å². The summed E-state index contributed by atoms with van der Waals surface area (Å²) in [5.41, 5.74) is -2.44. The third-order valence-electron chi connectivity index (χ3n) is 7.61. The van der Waals surface area contributed by atoms with Gasteiger partial charge in [0.1, 0.15) is 51.0 Å². The minimum Gasteiger partial charge on any atom is -0.487 e. The summed E-state index contributed by atoms with van der Waals surface area (Å²) in [4.78, 5) is 48.3. The molecule has 0 fully saturated rings. The van der Waals surface area contributed by atoms with E-state index in [9.17, 15) is 29.8 Å². The van der Waals surface area contributed by atoms with Gasteiger partial charge in [-0.1, -0.05) is 13.8 Å². The first-order valence-electron chi connectivity index (χ1n) is 18.0. The predicted octanol–water partition coefficient (Wildman–Crippen LogP) is 3.97. The molecule has 0 aromatic heterocycles. The number of nitro benzene ring substituents is 2. The number of rotatable bonds is 8. The molecular formula is C35H48N4O18. The molecule has 57 heavy (non-hydrogen) atoms. The van der Waals surface area contributed by atoms with Crippen LogP contribution in [0.4, 0.5) is 32.3 Å². The number of hydrogen-bond donors (Lipinski definition) is 2. The maximum Gasteiger partial charge on any atom is 0.411 e. The van der Waals surface area contributed by atoms with E-state index in [-0.39, 0.29) is 100 Å². The Balaban J connectivity index is 1.35. The average Bonchev–Trinajstić information content (AvgIpc) is 3.19. The van der Waals surface area contributed by atoms with Crippen LogP contribution in [0.3, 0.4) is 0 Å². The maximum absolute atomic E-state index is 12.9. The van der Waals surface area contributed by atoms with Gasteiger partial charge in [-0.25, -0.2) is 9.59 Å². The average molecular weight is 813 g/mol. The Morgan fingerprint density at radius 1 is 0.526 bits per heavy atom. The number of nitrogens with zero attached hydrogens (tertiary/aromatic N) is 2. The molecule has 2 amide bonds. The van der Waals surface area contributed by atoms with Crippen LogP contribution in [0.1, 0.15) is 13.8 Å². The van der Waals surface area contributed by atoms with Gasteiger partial charge >= 0.3 is 12.2 Å². The molecule has 0 radical (unpaired) electrons. The van der Waals surface area contributed by atoms with Crippen molar-refractivity contribution in [2.24, 2.45) is 5.41 Å². The SMILES string of the molecule is CC(C)(COC(=O)Nc1cc2c(cc1[N+](=O)[O-])OCCOCCOCCOCCO2)COC(=O)Nc1cc2c(cc1[N+](=O)[O-])OCCOCCOCCOCCO2. The van der Waals surface area contributed by atoms with Crippen LogP contribution in [0.15, 0.2) is 24.3 Å². The van der Waals surface area contributed by atoms with Gasteiger partial charge in [-0.05, 0) is 0 Å². The van der Waals surface area contributed by atoms with Gasteiger partial charge in [-0.3, -0.25) is 30.9 Å². The minimum atomic E-state index is -1.05. The number of hydrogen-bond acceptors (Lipinski definition) is 18. The largest absolute Gasteiger partial charge is 0.487 e. The lowest BCUT2D eigenvalue weighted by Crippen LogP contribution is -2.31. The topological polar surface area (TPSA) is 255 Å². The van der Waals surface area contributed by atoms with Crippen LogP contribution in [-0.4, -0.2) is 141 Å². The summed E-state index contributed by atoms with van der Waals surface area (Å²) in [6, 6.07) is 4.71. The Kier molecular flexibility index (Phi) is 18.5. The summed E-state index contributed by atoms with van der Waals surface area (Å²) in [7, 11) is 0. The van der Waals surface area contributed by atoms with Crippen LogP contribution in [-0.2, 0) is 37.9 Å². The number of carbonyl (C=O) groups excluding carboxylic acids is 2. The number of fused-ring (bicyclic) bond motifs is 2. The van der Waals surface area contributed by atoms with E-state index in [2.05, 4.69) is 10.6 Å². The lowest BCUT2D eigenvalue weighted by molar-refractivity contribution is -0.384. The van der Waals surface area contributed by atoms with Crippen LogP contribution >= 0.6 is 0 Å². The van der Waals surface area contributed by atoms with Crippen molar-refractivity contribution in [3.8, 4) is 23.0 Å². The predicted molar refractivity (Wildman–Crippen MR) is 197 cm³/mol. The Labute approximate surface area is 327 Å². The van der Waals surface area contributed by atoms with E-state index in [0.29, 0.717) is 52.9 Å². The highest BCUT2D eigenvalue weighted by Gasteiger charge is 2.27. The summed E-state index contributed by atoms with van der Waals surface area (Å²) in [5, 5.41) is 28.7. The molecule has 0 atom stereocenters. The highest BCUT2D eigenvalue weighted by atomic mass is 16.6. The highest BCUT2D eigenvalue weighted by Crippen LogP contribution is 2.39. The third kappa shape index (κ3) is 16.0. The number of nitrogens with one attached hydrogen (secondary N) is 2. The number of benzene rings is 2. The molecule has 0 bridgehead atoms. The highest BCUT2D eigenvalue weighted by molar-refractivity contribution is 5.90. The van der Waals surface area contributed by atoms with Crippen LogP contribution < -0.4 is 29.6 Å². The zero-order chi connectivity index (χ0) is 40.9. The van der Waals surface area contributed by atoms with Crippen LogP contribution in [0.25, 0.3) is 0 Å². The van der Waals surface area contributed by atoms with Crippen LogP contribution in [0.5, 0.6) is 23.0 Å². The van der Waals surface area contributed by atoms with E-state index in [0.717, 1.165) is 12.1 Å². The van der Waals surface area contributed by atoms with Crippen molar-refractivity contribution in [2.75, 3.05) is 130 Å². The third-order valence-corrected chi connectivity index (χ3v) is 7.61. The maximum atomic E-state index is 12.9. The molecule has 2 aromatic rings. The fraction of sp³-hybridized carbons (Fsp3) is 0.600. The molecule has 0 spiro atoms. The molecule has 0 saturated carbocycles. The Morgan fingerprint density at radius 2 is 0.789 bits per heavy atom. The normalized spacial score (nSPS) is 16.9. The van der Waals surface area contributed by atoms with E-state index in [1.165, 1.54) is 12.1 Å². The van der Waals surface area contributed by atoms with Gasteiger partial charge in [0.2, 0.25) is 0 Å². The fourth-order valence-electron chi connectivity index (χ4n) is 4.83. The van der Waals surface area contributed by atoms with E-state index in [1.54, 1.807) is 13.8 Å². The molecular weight excluding hydrogens is 764 g/mol. The molecule has 22 nitrogen and oxygen atoms in total. The van der Waals surface area contributed by atoms with Crippen molar-refractivity contribution in [3.63, 3.8) is 0 Å². The summed E-state index contributed by atoms with van der Waals surface area (Å²) in [6.45, 7) is 6.38. The van der Waals surface area contributed by atoms with Crippen molar-refractivity contribution >= 4 is 34.9 Å². The Morgan fingerprint density at radius 3 is 1.07 bits per heavy atom. The molecule has 0 saturated heterocycles. The lowest BCUT2D eigenvalue weighted by Gasteiger charge is -2.24. The van der Waals surface area contributed by atoms with Gasteiger partial charge in [0.05, 0.1) is 101 Å². The van der Waals surface area contributed by atoms with Gasteiger partial charge in [0.15, 0.2) is 23.0 Å². The molecule has 22 heteroatoms. The minimum absolute atomic E-state index is 0.0535. The quantitative estimate of drug-likeness (QED) is 0.282. The molecule has 2 aliphatic heterocycles. The van der Waals surface area contributed by atoms with Gasteiger partial charge in [0.25, 0.3) is 11.4 Å². The Hall–Kier alpha value is -5.26. The summed E-state index contributed by atoms with van der Waals surface area (Å²) < 4.78 is 66.1. The first-order valence-corrected chi connectivity index (χ1v) is 18.0. The van der Waals surface area contributed by atoms with Crippen molar-refractivity contribution in [2.45, 2.75) is 13.8 Å². The molecule has 2 N–H and O–H groups in total. The van der Waals surface area contributed by atoms with E-state index in [4.69, 9.17) is 56.8 Å². The van der Waals surface area contributed by atoms with Crippen molar-refractivity contribution in [1.82, 2.24) is 0 Å². The van der Waals surface area contributed by atoms with Crippen LogP contribution in [0, 0.1) is 25.6 Å². The van der Waals surface area contributed by atoms with E-state index >= 15 is 0 Å². The smallest absolute Gasteiger partial charge is 0.411 e. The van der Waals surface area contributed by atoms with Crippen LogP contribution in [0.2, 0.25) is 0 Å². The zero-order valence-corrected chi connectivity index (χ0v) is 31.8. The summed E-state index contributed by atoms with van der Waals surface area (Å²) >= 11 is 0. The molecule has 4 rings (SSSR count). The number of carbonyl (C=O) groups is 2. The number of amides is 2. The molecule has 2 aliphatic rings. The summed E-state index contributed by atoms with van der Waals surface area (Å²) in [6.07, 6.45) is -2.09. The molecule has 2 aromatic carbocycles. The number of anilines is 2. The van der Waals surface area contributed by atoms with E-state index in [1.807, 2.05) is 0 Å². The second-order valence-corrected chi connectivity index (χ2v) is 12.8. The first-order chi connectivity index (χ1) is 27.5. The van der Waals surface area contributed by atoms with Gasteiger partial charge in [-0.15, -0.1) is 0 Å². The lowest BCUT2D eigenvalue weighted by atomic mass is 9.96. The second kappa shape index (κ2) is 23.7.